The Kier molecular flexibility index (Phi) is 4.35. The Labute approximate surface area is 118 Å². The highest BCUT2D eigenvalue weighted by Gasteiger charge is 2.44. The average molecular weight is 259 g/mol. The molecule has 0 amide bonds. The number of nitrogens with one attached hydrogen (secondary N) is 1. The standard InChI is InChI=1S/C18H29N/c1-13(2)16-6-8-17(9-7-16)15(5)19-12-18(10-11-18)14(3)4/h6-9,13-15,19H,10-12H2,1-5H3. The predicted molar refractivity (Wildman–Crippen MR) is 83.5 cm³/mol. The molecule has 1 N–H and O–H groups in total. The molecule has 0 aromatic heterocycles. The van der Waals surface area contributed by atoms with Crippen molar-refractivity contribution in [1.29, 1.82) is 0 Å². The summed E-state index contributed by atoms with van der Waals surface area (Å²) in [6.07, 6.45) is 2.80. The summed E-state index contributed by atoms with van der Waals surface area (Å²) in [5.41, 5.74) is 3.42. The average Bonchev–Trinajstić information content (AvgIpc) is 3.17. The lowest BCUT2D eigenvalue weighted by Crippen LogP contribution is -2.29. The highest BCUT2D eigenvalue weighted by Crippen LogP contribution is 2.51. The summed E-state index contributed by atoms with van der Waals surface area (Å²) in [6, 6.07) is 9.56. The minimum absolute atomic E-state index is 0.456. The van der Waals surface area contributed by atoms with Crippen LogP contribution in [0.4, 0.5) is 0 Å². The normalized spacial score (nSPS) is 18.9. The van der Waals surface area contributed by atoms with Gasteiger partial charge in [0.1, 0.15) is 0 Å². The highest BCUT2D eigenvalue weighted by molar-refractivity contribution is 5.26. The fourth-order valence-corrected chi connectivity index (χ4v) is 2.76. The first-order valence-corrected chi connectivity index (χ1v) is 7.78. The molecule has 1 fully saturated rings. The van der Waals surface area contributed by atoms with E-state index in [1.807, 2.05) is 0 Å². The van der Waals surface area contributed by atoms with Crippen molar-refractivity contribution in [1.82, 2.24) is 5.32 Å². The van der Waals surface area contributed by atoms with E-state index >= 15 is 0 Å². The van der Waals surface area contributed by atoms with Crippen LogP contribution in [0.5, 0.6) is 0 Å². The van der Waals surface area contributed by atoms with Gasteiger partial charge in [-0.3, -0.25) is 0 Å². The second-order valence-corrected chi connectivity index (χ2v) is 6.94. The number of rotatable bonds is 6. The minimum atomic E-state index is 0.456. The summed E-state index contributed by atoms with van der Waals surface area (Å²) < 4.78 is 0. The first-order valence-electron chi connectivity index (χ1n) is 7.78. The summed E-state index contributed by atoms with van der Waals surface area (Å²) in [5, 5.41) is 3.73. The molecule has 0 heterocycles. The van der Waals surface area contributed by atoms with E-state index < -0.39 is 0 Å². The van der Waals surface area contributed by atoms with Crippen LogP contribution in [0, 0.1) is 11.3 Å². The minimum Gasteiger partial charge on any atom is -0.310 e. The Hall–Kier alpha value is -0.820. The molecule has 0 saturated heterocycles. The zero-order valence-electron chi connectivity index (χ0n) is 13.2. The van der Waals surface area contributed by atoms with Crippen LogP contribution in [0.15, 0.2) is 24.3 Å². The maximum Gasteiger partial charge on any atom is 0.0292 e. The largest absolute Gasteiger partial charge is 0.310 e. The highest BCUT2D eigenvalue weighted by atomic mass is 14.9. The smallest absolute Gasteiger partial charge is 0.0292 e. The third-order valence-corrected chi connectivity index (χ3v) is 4.98. The monoisotopic (exact) mass is 259 g/mol. The zero-order chi connectivity index (χ0) is 14.0. The summed E-state index contributed by atoms with van der Waals surface area (Å²) in [4.78, 5) is 0. The van der Waals surface area contributed by atoms with Crippen molar-refractivity contribution in [3.8, 4) is 0 Å². The molecule has 1 saturated carbocycles. The SMILES string of the molecule is CC(C)c1ccc(C(C)NCC2(C(C)C)CC2)cc1. The van der Waals surface area contributed by atoms with Crippen LogP contribution < -0.4 is 5.32 Å². The number of hydrogen-bond acceptors (Lipinski definition) is 1. The molecule has 19 heavy (non-hydrogen) atoms. The van der Waals surface area contributed by atoms with Gasteiger partial charge in [-0.1, -0.05) is 52.0 Å². The third kappa shape index (κ3) is 3.39. The van der Waals surface area contributed by atoms with Gasteiger partial charge in [-0.05, 0) is 48.1 Å². The van der Waals surface area contributed by atoms with E-state index in [1.54, 1.807) is 0 Å². The molecule has 2 rings (SSSR count). The molecule has 0 aliphatic heterocycles. The van der Waals surface area contributed by atoms with E-state index in [1.165, 1.54) is 24.0 Å². The van der Waals surface area contributed by atoms with Crippen LogP contribution in [0.25, 0.3) is 0 Å². The lowest BCUT2D eigenvalue weighted by Gasteiger charge is -2.23. The van der Waals surface area contributed by atoms with E-state index in [0.717, 1.165) is 12.5 Å². The van der Waals surface area contributed by atoms with Crippen molar-refractivity contribution in [2.24, 2.45) is 11.3 Å². The Morgan fingerprint density at radius 1 is 0.947 bits per heavy atom. The molecule has 1 aliphatic carbocycles. The van der Waals surface area contributed by atoms with Gasteiger partial charge in [0.2, 0.25) is 0 Å². The van der Waals surface area contributed by atoms with E-state index in [9.17, 15) is 0 Å². The molecule has 1 unspecified atom stereocenters. The molecule has 1 aromatic rings. The zero-order valence-corrected chi connectivity index (χ0v) is 13.2. The van der Waals surface area contributed by atoms with Crippen LogP contribution in [0.3, 0.4) is 0 Å². The Balaban J connectivity index is 1.91. The molecular formula is C18H29N. The van der Waals surface area contributed by atoms with E-state index in [4.69, 9.17) is 0 Å². The topological polar surface area (TPSA) is 12.0 Å². The first-order chi connectivity index (χ1) is 8.94. The van der Waals surface area contributed by atoms with Crippen molar-refractivity contribution in [2.75, 3.05) is 6.54 Å². The molecule has 0 bridgehead atoms. The summed E-state index contributed by atoms with van der Waals surface area (Å²) >= 11 is 0. The van der Waals surface area contributed by atoms with Crippen LogP contribution >= 0.6 is 0 Å². The van der Waals surface area contributed by atoms with Gasteiger partial charge in [-0.25, -0.2) is 0 Å². The third-order valence-electron chi connectivity index (χ3n) is 4.98. The lowest BCUT2D eigenvalue weighted by atomic mass is 9.92. The molecule has 106 valence electrons. The fourth-order valence-electron chi connectivity index (χ4n) is 2.76. The second kappa shape index (κ2) is 5.66. The molecule has 1 atom stereocenters. The molecule has 1 aliphatic rings. The van der Waals surface area contributed by atoms with E-state index in [0.29, 0.717) is 17.4 Å². The van der Waals surface area contributed by atoms with Gasteiger partial charge in [-0.2, -0.15) is 0 Å². The molecule has 0 spiro atoms. The van der Waals surface area contributed by atoms with Crippen LogP contribution in [-0.4, -0.2) is 6.54 Å². The van der Waals surface area contributed by atoms with Gasteiger partial charge in [-0.15, -0.1) is 0 Å². The molecule has 1 heteroatoms. The lowest BCUT2D eigenvalue weighted by molar-refractivity contribution is 0.325. The van der Waals surface area contributed by atoms with Crippen LogP contribution in [0.1, 0.15) is 70.5 Å². The molecule has 0 radical (unpaired) electrons. The molecule has 1 aromatic carbocycles. The first kappa shape index (κ1) is 14.6. The van der Waals surface area contributed by atoms with Gasteiger partial charge < -0.3 is 5.32 Å². The summed E-state index contributed by atoms with van der Waals surface area (Å²) in [6.45, 7) is 12.7. The van der Waals surface area contributed by atoms with Crippen LogP contribution in [-0.2, 0) is 0 Å². The number of benzene rings is 1. The quantitative estimate of drug-likeness (QED) is 0.766. The predicted octanol–water partition coefficient (Wildman–Crippen LogP) is 4.90. The molecule has 1 nitrogen and oxygen atoms in total. The van der Waals surface area contributed by atoms with Crippen molar-refractivity contribution >= 4 is 0 Å². The maximum absolute atomic E-state index is 3.73. The van der Waals surface area contributed by atoms with Crippen LogP contribution in [0.2, 0.25) is 0 Å². The van der Waals surface area contributed by atoms with Crippen molar-refractivity contribution < 1.29 is 0 Å². The van der Waals surface area contributed by atoms with Gasteiger partial charge in [0, 0.05) is 12.6 Å². The van der Waals surface area contributed by atoms with E-state index in [2.05, 4.69) is 64.2 Å². The van der Waals surface area contributed by atoms with E-state index in [-0.39, 0.29) is 0 Å². The Morgan fingerprint density at radius 3 is 1.89 bits per heavy atom. The maximum atomic E-state index is 3.73. The molecular weight excluding hydrogens is 230 g/mol. The van der Waals surface area contributed by atoms with Gasteiger partial charge in [0.05, 0.1) is 0 Å². The van der Waals surface area contributed by atoms with Crippen molar-refractivity contribution in [3.05, 3.63) is 35.4 Å². The number of hydrogen-bond donors (Lipinski definition) is 1. The van der Waals surface area contributed by atoms with Gasteiger partial charge in [0.15, 0.2) is 0 Å². The second-order valence-electron chi connectivity index (χ2n) is 6.94. The Bertz CT molecular complexity index is 398. The summed E-state index contributed by atoms with van der Waals surface area (Å²) in [5.74, 6) is 1.42. The van der Waals surface area contributed by atoms with Gasteiger partial charge in [0.25, 0.3) is 0 Å². The Morgan fingerprint density at radius 2 is 1.47 bits per heavy atom. The van der Waals surface area contributed by atoms with Crippen molar-refractivity contribution in [3.63, 3.8) is 0 Å². The fraction of sp³-hybridized carbons (Fsp3) is 0.667. The van der Waals surface area contributed by atoms with Crippen molar-refractivity contribution in [2.45, 2.75) is 59.4 Å². The summed E-state index contributed by atoms with van der Waals surface area (Å²) in [7, 11) is 0. The van der Waals surface area contributed by atoms with Gasteiger partial charge >= 0.3 is 0 Å².